The Morgan fingerprint density at radius 3 is 2.50 bits per heavy atom. The van der Waals surface area contributed by atoms with Gasteiger partial charge in [0.15, 0.2) is 0 Å². The summed E-state index contributed by atoms with van der Waals surface area (Å²) in [4.78, 5) is 0. The molecule has 0 saturated carbocycles. The molecule has 3 heteroatoms. The zero-order valence-electron chi connectivity index (χ0n) is 11.7. The van der Waals surface area contributed by atoms with Crippen LogP contribution in [-0.2, 0) is 6.42 Å². The van der Waals surface area contributed by atoms with Gasteiger partial charge in [-0.1, -0.05) is 27.7 Å². The maximum Gasteiger partial charge on any atom is 0.126 e. The molecule has 1 aromatic rings. The summed E-state index contributed by atoms with van der Waals surface area (Å²) in [5.41, 5.74) is 0.357. The van der Waals surface area contributed by atoms with Crippen molar-refractivity contribution in [3.8, 4) is 0 Å². The number of rotatable bonds is 6. The third kappa shape index (κ3) is 5.13. The largest absolute Gasteiger partial charge is 0.316 e. The number of nitrogens with one attached hydrogen (secondary N) is 1. The molecule has 0 unspecified atom stereocenters. The molecular weight excluding hydrogens is 232 g/mol. The SMILES string of the molecule is CC(C)CNCC(C)(C)Cc1cc(F)ccc1F. The van der Waals surface area contributed by atoms with Gasteiger partial charge in [0.25, 0.3) is 0 Å². The van der Waals surface area contributed by atoms with Crippen LogP contribution in [0.3, 0.4) is 0 Å². The summed E-state index contributed by atoms with van der Waals surface area (Å²) in [7, 11) is 0. The van der Waals surface area contributed by atoms with Gasteiger partial charge in [0.2, 0.25) is 0 Å². The Balaban J connectivity index is 2.61. The van der Waals surface area contributed by atoms with Crippen molar-refractivity contribution in [3.05, 3.63) is 35.4 Å². The fraction of sp³-hybridized carbons (Fsp3) is 0.600. The molecule has 0 saturated heterocycles. The van der Waals surface area contributed by atoms with Gasteiger partial charge in [-0.15, -0.1) is 0 Å². The van der Waals surface area contributed by atoms with Gasteiger partial charge in [0.05, 0.1) is 0 Å². The Kier molecular flexibility index (Phi) is 5.27. The van der Waals surface area contributed by atoms with Gasteiger partial charge in [0, 0.05) is 6.54 Å². The van der Waals surface area contributed by atoms with Crippen LogP contribution in [0.15, 0.2) is 18.2 Å². The minimum Gasteiger partial charge on any atom is -0.316 e. The monoisotopic (exact) mass is 255 g/mol. The van der Waals surface area contributed by atoms with E-state index in [0.29, 0.717) is 17.9 Å². The van der Waals surface area contributed by atoms with E-state index in [1.807, 2.05) is 0 Å². The Morgan fingerprint density at radius 2 is 1.89 bits per heavy atom. The lowest BCUT2D eigenvalue weighted by Gasteiger charge is -2.26. The summed E-state index contributed by atoms with van der Waals surface area (Å²) in [5, 5.41) is 3.36. The van der Waals surface area contributed by atoms with Crippen LogP contribution in [-0.4, -0.2) is 13.1 Å². The number of benzene rings is 1. The van der Waals surface area contributed by atoms with Crippen LogP contribution < -0.4 is 5.32 Å². The Labute approximate surface area is 109 Å². The van der Waals surface area contributed by atoms with Crippen LogP contribution in [0, 0.1) is 23.0 Å². The third-order valence-corrected chi connectivity index (χ3v) is 2.83. The van der Waals surface area contributed by atoms with E-state index < -0.39 is 0 Å². The maximum atomic E-state index is 13.6. The summed E-state index contributed by atoms with van der Waals surface area (Å²) < 4.78 is 26.7. The number of hydrogen-bond acceptors (Lipinski definition) is 1. The van der Waals surface area contributed by atoms with Crippen molar-refractivity contribution in [1.82, 2.24) is 5.32 Å². The van der Waals surface area contributed by atoms with E-state index in [2.05, 4.69) is 33.0 Å². The molecular formula is C15H23F2N. The van der Waals surface area contributed by atoms with E-state index in [-0.39, 0.29) is 17.0 Å². The van der Waals surface area contributed by atoms with Crippen molar-refractivity contribution in [1.29, 1.82) is 0 Å². The van der Waals surface area contributed by atoms with Gasteiger partial charge >= 0.3 is 0 Å². The van der Waals surface area contributed by atoms with Gasteiger partial charge in [-0.25, -0.2) is 8.78 Å². The molecule has 1 N–H and O–H groups in total. The van der Waals surface area contributed by atoms with Gasteiger partial charge in [0.1, 0.15) is 11.6 Å². The molecule has 0 fully saturated rings. The summed E-state index contributed by atoms with van der Waals surface area (Å²) in [6.45, 7) is 10.1. The van der Waals surface area contributed by atoms with Crippen molar-refractivity contribution >= 4 is 0 Å². The highest BCUT2D eigenvalue weighted by atomic mass is 19.1. The predicted molar refractivity (Wildman–Crippen MR) is 71.6 cm³/mol. The topological polar surface area (TPSA) is 12.0 Å². The Hall–Kier alpha value is -0.960. The molecule has 0 aliphatic heterocycles. The van der Waals surface area contributed by atoms with Gasteiger partial charge < -0.3 is 5.32 Å². The zero-order chi connectivity index (χ0) is 13.8. The smallest absolute Gasteiger partial charge is 0.126 e. The van der Waals surface area contributed by atoms with E-state index in [9.17, 15) is 8.78 Å². The van der Waals surface area contributed by atoms with Crippen molar-refractivity contribution < 1.29 is 8.78 Å². The predicted octanol–water partition coefficient (Wildman–Crippen LogP) is 3.78. The molecule has 0 spiro atoms. The molecule has 102 valence electrons. The Morgan fingerprint density at radius 1 is 1.22 bits per heavy atom. The normalized spacial score (nSPS) is 12.2. The molecule has 0 aliphatic rings. The molecule has 0 atom stereocenters. The lowest BCUT2D eigenvalue weighted by atomic mass is 9.85. The lowest BCUT2D eigenvalue weighted by Crippen LogP contribution is -2.33. The summed E-state index contributed by atoms with van der Waals surface area (Å²) >= 11 is 0. The van der Waals surface area contributed by atoms with Crippen molar-refractivity contribution in [2.24, 2.45) is 11.3 Å². The second kappa shape index (κ2) is 6.28. The van der Waals surface area contributed by atoms with E-state index in [1.165, 1.54) is 12.1 Å². The van der Waals surface area contributed by atoms with E-state index in [0.717, 1.165) is 19.2 Å². The minimum absolute atomic E-state index is 0.0937. The maximum absolute atomic E-state index is 13.6. The molecule has 0 aliphatic carbocycles. The van der Waals surface area contributed by atoms with E-state index in [4.69, 9.17) is 0 Å². The summed E-state index contributed by atoms with van der Waals surface area (Å²) in [5.74, 6) is -0.114. The molecule has 1 aromatic carbocycles. The van der Waals surface area contributed by atoms with Crippen LogP contribution in [0.25, 0.3) is 0 Å². The second-order valence-corrected chi connectivity index (χ2v) is 6.10. The fourth-order valence-electron chi connectivity index (χ4n) is 1.96. The number of halogens is 2. The number of hydrogen-bond donors (Lipinski definition) is 1. The van der Waals surface area contributed by atoms with Crippen molar-refractivity contribution in [2.75, 3.05) is 13.1 Å². The molecule has 0 bridgehead atoms. The highest BCUT2D eigenvalue weighted by Crippen LogP contribution is 2.23. The quantitative estimate of drug-likeness (QED) is 0.815. The minimum atomic E-state index is -0.377. The van der Waals surface area contributed by atoms with Gasteiger partial charge in [-0.2, -0.15) is 0 Å². The average Bonchev–Trinajstić information content (AvgIpc) is 2.22. The molecule has 1 nitrogen and oxygen atoms in total. The molecule has 1 rings (SSSR count). The third-order valence-electron chi connectivity index (χ3n) is 2.83. The lowest BCUT2D eigenvalue weighted by molar-refractivity contribution is 0.325. The van der Waals surface area contributed by atoms with Crippen molar-refractivity contribution in [3.63, 3.8) is 0 Å². The second-order valence-electron chi connectivity index (χ2n) is 6.10. The van der Waals surface area contributed by atoms with Gasteiger partial charge in [-0.05, 0) is 48.1 Å². The van der Waals surface area contributed by atoms with E-state index >= 15 is 0 Å². The highest BCUT2D eigenvalue weighted by Gasteiger charge is 2.20. The van der Waals surface area contributed by atoms with Crippen LogP contribution in [0.1, 0.15) is 33.3 Å². The van der Waals surface area contributed by atoms with Crippen molar-refractivity contribution in [2.45, 2.75) is 34.1 Å². The molecule has 0 amide bonds. The van der Waals surface area contributed by atoms with Crippen LogP contribution in [0.4, 0.5) is 8.78 Å². The molecule has 18 heavy (non-hydrogen) atoms. The Bertz CT molecular complexity index is 386. The van der Waals surface area contributed by atoms with Gasteiger partial charge in [-0.3, -0.25) is 0 Å². The molecule has 0 aromatic heterocycles. The first kappa shape index (κ1) is 15.1. The summed E-state index contributed by atoms with van der Waals surface area (Å²) in [6, 6.07) is 3.64. The first-order valence-corrected chi connectivity index (χ1v) is 6.45. The average molecular weight is 255 g/mol. The zero-order valence-corrected chi connectivity index (χ0v) is 11.7. The molecule has 0 radical (unpaired) electrons. The van der Waals surface area contributed by atoms with E-state index in [1.54, 1.807) is 0 Å². The first-order chi connectivity index (χ1) is 8.30. The highest BCUT2D eigenvalue weighted by molar-refractivity contribution is 5.20. The fourth-order valence-corrected chi connectivity index (χ4v) is 1.96. The van der Waals surface area contributed by atoms with Crippen LogP contribution in [0.5, 0.6) is 0 Å². The first-order valence-electron chi connectivity index (χ1n) is 6.45. The molecule has 0 heterocycles. The standard InChI is InChI=1S/C15H23F2N/c1-11(2)9-18-10-15(3,4)8-12-7-13(16)5-6-14(12)17/h5-7,11,18H,8-10H2,1-4H3. The summed E-state index contributed by atoms with van der Waals surface area (Å²) in [6.07, 6.45) is 0.529. The van der Waals surface area contributed by atoms with Crippen LogP contribution >= 0.6 is 0 Å². The van der Waals surface area contributed by atoms with Crippen LogP contribution in [0.2, 0.25) is 0 Å².